The van der Waals surface area contributed by atoms with Gasteiger partial charge in [0.15, 0.2) is 0 Å². The minimum absolute atomic E-state index is 0.328. The van der Waals surface area contributed by atoms with E-state index in [1.807, 2.05) is 0 Å². The van der Waals surface area contributed by atoms with Crippen molar-refractivity contribution < 1.29 is 9.90 Å². The lowest BCUT2D eigenvalue weighted by atomic mass is 10.1. The Morgan fingerprint density at radius 1 is 1.47 bits per heavy atom. The van der Waals surface area contributed by atoms with Crippen molar-refractivity contribution in [1.29, 1.82) is 0 Å². The molecule has 1 fully saturated rings. The molecule has 0 radical (unpaired) electrons. The highest BCUT2D eigenvalue weighted by atomic mass is 16.4. The predicted molar refractivity (Wildman–Crippen MR) is 61.0 cm³/mol. The van der Waals surface area contributed by atoms with Gasteiger partial charge in [-0.25, -0.2) is 0 Å². The number of unbranched alkanes of at least 4 members (excludes halogenated alkanes) is 2. The maximum absolute atomic E-state index is 10.5. The molecule has 15 heavy (non-hydrogen) atoms. The summed E-state index contributed by atoms with van der Waals surface area (Å²) >= 11 is 0. The monoisotopic (exact) mass is 213 g/mol. The fraction of sp³-hybridized carbons (Fsp3) is 0.917. The van der Waals surface area contributed by atoms with Gasteiger partial charge in [-0.1, -0.05) is 19.8 Å². The van der Waals surface area contributed by atoms with E-state index in [1.165, 1.54) is 38.6 Å². The second-order valence-corrected chi connectivity index (χ2v) is 4.47. The number of nitrogens with zero attached hydrogens (tertiary/aromatic N) is 1. The lowest BCUT2D eigenvalue weighted by Gasteiger charge is -2.23. The molecule has 0 bridgehead atoms. The van der Waals surface area contributed by atoms with E-state index >= 15 is 0 Å². The van der Waals surface area contributed by atoms with E-state index in [-0.39, 0.29) is 0 Å². The van der Waals surface area contributed by atoms with Crippen molar-refractivity contribution in [2.45, 2.75) is 57.9 Å². The van der Waals surface area contributed by atoms with Gasteiger partial charge in [0, 0.05) is 12.5 Å². The summed E-state index contributed by atoms with van der Waals surface area (Å²) in [6, 6.07) is 0.540. The van der Waals surface area contributed by atoms with Gasteiger partial charge < -0.3 is 10.0 Å². The second kappa shape index (κ2) is 6.83. The summed E-state index contributed by atoms with van der Waals surface area (Å²) in [5, 5.41) is 8.66. The van der Waals surface area contributed by atoms with Gasteiger partial charge in [-0.2, -0.15) is 0 Å². The highest BCUT2D eigenvalue weighted by molar-refractivity contribution is 5.66. The zero-order valence-electron chi connectivity index (χ0n) is 9.74. The first-order valence-corrected chi connectivity index (χ1v) is 6.20. The molecule has 1 unspecified atom stereocenters. The molecule has 0 saturated carbocycles. The van der Waals surface area contributed by atoms with Crippen molar-refractivity contribution >= 4 is 5.97 Å². The molecule has 1 rings (SSSR count). The summed E-state index contributed by atoms with van der Waals surface area (Å²) in [4.78, 5) is 13.0. The summed E-state index contributed by atoms with van der Waals surface area (Å²) in [5.74, 6) is -0.657. The highest BCUT2D eigenvalue weighted by Crippen LogP contribution is 2.21. The normalized spacial score (nSPS) is 22.1. The first-order chi connectivity index (χ1) is 7.24. The van der Waals surface area contributed by atoms with Gasteiger partial charge in [-0.3, -0.25) is 4.79 Å². The van der Waals surface area contributed by atoms with Crippen molar-refractivity contribution in [2.75, 3.05) is 13.1 Å². The molecule has 1 aliphatic heterocycles. The fourth-order valence-electron chi connectivity index (χ4n) is 2.37. The summed E-state index contributed by atoms with van der Waals surface area (Å²) in [6.45, 7) is 4.55. The van der Waals surface area contributed by atoms with Crippen LogP contribution in [-0.4, -0.2) is 35.1 Å². The Balaban J connectivity index is 2.20. The van der Waals surface area contributed by atoms with Crippen LogP contribution in [0, 0.1) is 0 Å². The molecule has 1 saturated heterocycles. The Labute approximate surface area is 92.5 Å². The first kappa shape index (κ1) is 12.5. The highest BCUT2D eigenvalue weighted by Gasteiger charge is 2.23. The Morgan fingerprint density at radius 3 is 2.93 bits per heavy atom. The molecule has 1 N–H and O–H groups in total. The molecule has 0 spiro atoms. The molecule has 0 aliphatic carbocycles. The fourth-order valence-corrected chi connectivity index (χ4v) is 2.37. The maximum atomic E-state index is 10.5. The van der Waals surface area contributed by atoms with Crippen LogP contribution in [0.3, 0.4) is 0 Å². The molecule has 3 nitrogen and oxygen atoms in total. The van der Waals surface area contributed by atoms with Crippen LogP contribution in [0.2, 0.25) is 0 Å². The lowest BCUT2D eigenvalue weighted by Crippen LogP contribution is -2.30. The summed E-state index contributed by atoms with van der Waals surface area (Å²) in [7, 11) is 0. The van der Waals surface area contributed by atoms with Gasteiger partial charge in [0.1, 0.15) is 0 Å². The molecule has 0 aromatic rings. The van der Waals surface area contributed by atoms with E-state index in [0.717, 1.165) is 13.0 Å². The molecule has 1 aliphatic rings. The number of aliphatic carboxylic acids is 1. The zero-order valence-corrected chi connectivity index (χ0v) is 9.74. The van der Waals surface area contributed by atoms with Crippen LogP contribution in [0.1, 0.15) is 51.9 Å². The maximum Gasteiger partial charge on any atom is 0.303 e. The number of hydrogen-bond donors (Lipinski definition) is 1. The molecule has 0 amide bonds. The first-order valence-electron chi connectivity index (χ1n) is 6.20. The van der Waals surface area contributed by atoms with Gasteiger partial charge in [0.2, 0.25) is 0 Å². The van der Waals surface area contributed by atoms with Gasteiger partial charge in [0.05, 0.1) is 0 Å². The van der Waals surface area contributed by atoms with E-state index < -0.39 is 5.97 Å². The van der Waals surface area contributed by atoms with Crippen molar-refractivity contribution in [3.05, 3.63) is 0 Å². The van der Waals surface area contributed by atoms with E-state index in [2.05, 4.69) is 11.8 Å². The lowest BCUT2D eigenvalue weighted by molar-refractivity contribution is -0.137. The smallest absolute Gasteiger partial charge is 0.303 e. The van der Waals surface area contributed by atoms with E-state index in [4.69, 9.17) is 5.11 Å². The van der Waals surface area contributed by atoms with Crippen molar-refractivity contribution in [3.63, 3.8) is 0 Å². The Hall–Kier alpha value is -0.570. The molecule has 1 atom stereocenters. The van der Waals surface area contributed by atoms with E-state index in [9.17, 15) is 4.79 Å². The van der Waals surface area contributed by atoms with Crippen LogP contribution < -0.4 is 0 Å². The number of carbonyl (C=O) groups is 1. The number of hydrogen-bond acceptors (Lipinski definition) is 2. The van der Waals surface area contributed by atoms with E-state index in [1.54, 1.807) is 0 Å². The largest absolute Gasteiger partial charge is 0.481 e. The van der Waals surface area contributed by atoms with Crippen LogP contribution in [0.15, 0.2) is 0 Å². The van der Waals surface area contributed by atoms with Crippen molar-refractivity contribution in [1.82, 2.24) is 4.90 Å². The summed E-state index contributed by atoms with van der Waals surface area (Å²) in [5.41, 5.74) is 0. The standard InChI is InChI=1S/C12H23NO2/c1-2-3-4-9-13-10-5-6-11(13)7-8-12(14)15/h11H,2-10H2,1H3,(H,14,15). The molecule has 1 heterocycles. The zero-order chi connectivity index (χ0) is 11.1. The Morgan fingerprint density at radius 2 is 2.27 bits per heavy atom. The summed E-state index contributed by atoms with van der Waals surface area (Å²) in [6.07, 6.45) is 7.42. The number of carboxylic acids is 1. The molecule has 3 heteroatoms. The molecule has 88 valence electrons. The third-order valence-corrected chi connectivity index (χ3v) is 3.24. The molecule has 0 aromatic carbocycles. The van der Waals surface area contributed by atoms with Crippen LogP contribution in [0.25, 0.3) is 0 Å². The third kappa shape index (κ3) is 4.65. The third-order valence-electron chi connectivity index (χ3n) is 3.24. The number of rotatable bonds is 7. The van der Waals surface area contributed by atoms with Gasteiger partial charge in [0.25, 0.3) is 0 Å². The van der Waals surface area contributed by atoms with Crippen LogP contribution in [-0.2, 0) is 4.79 Å². The minimum Gasteiger partial charge on any atom is -0.481 e. The number of carboxylic acid groups (broad SMARTS) is 1. The minimum atomic E-state index is -0.657. The number of likely N-dealkylation sites (tertiary alicyclic amines) is 1. The average molecular weight is 213 g/mol. The van der Waals surface area contributed by atoms with Gasteiger partial charge in [-0.15, -0.1) is 0 Å². The molecular weight excluding hydrogens is 190 g/mol. The quantitative estimate of drug-likeness (QED) is 0.661. The summed E-state index contributed by atoms with van der Waals surface area (Å²) < 4.78 is 0. The Bertz CT molecular complexity index is 194. The molecular formula is C12H23NO2. The van der Waals surface area contributed by atoms with E-state index in [0.29, 0.717) is 12.5 Å². The van der Waals surface area contributed by atoms with Gasteiger partial charge >= 0.3 is 5.97 Å². The average Bonchev–Trinajstić information content (AvgIpc) is 2.63. The van der Waals surface area contributed by atoms with Crippen molar-refractivity contribution in [3.8, 4) is 0 Å². The Kier molecular flexibility index (Phi) is 5.69. The van der Waals surface area contributed by atoms with Crippen molar-refractivity contribution in [2.24, 2.45) is 0 Å². The topological polar surface area (TPSA) is 40.5 Å². The van der Waals surface area contributed by atoms with Crippen LogP contribution >= 0.6 is 0 Å². The van der Waals surface area contributed by atoms with Crippen LogP contribution in [0.5, 0.6) is 0 Å². The SMILES string of the molecule is CCCCCN1CCCC1CCC(=O)O. The second-order valence-electron chi connectivity index (χ2n) is 4.47. The predicted octanol–water partition coefficient (Wildman–Crippen LogP) is 2.51. The van der Waals surface area contributed by atoms with Crippen LogP contribution in [0.4, 0.5) is 0 Å². The molecule has 0 aromatic heterocycles. The van der Waals surface area contributed by atoms with Gasteiger partial charge in [-0.05, 0) is 38.8 Å².